The van der Waals surface area contributed by atoms with Gasteiger partial charge in [0.1, 0.15) is 12.4 Å². The summed E-state index contributed by atoms with van der Waals surface area (Å²) in [7, 11) is -0.256. The van der Waals surface area contributed by atoms with Gasteiger partial charge >= 0.3 is 0 Å². The van der Waals surface area contributed by atoms with Crippen molar-refractivity contribution in [1.29, 1.82) is 0 Å². The Labute approximate surface area is 135 Å². The van der Waals surface area contributed by atoms with Crippen molar-refractivity contribution >= 4 is 17.5 Å². The lowest BCUT2D eigenvalue weighted by atomic mass is 9.95. The molecule has 5 nitrogen and oxygen atoms in total. The van der Waals surface area contributed by atoms with E-state index in [9.17, 15) is 9.18 Å². The van der Waals surface area contributed by atoms with Crippen LogP contribution in [0.2, 0.25) is 5.02 Å². The minimum Gasteiger partial charge on any atom is -0.375 e. The van der Waals surface area contributed by atoms with E-state index in [0.29, 0.717) is 31.8 Å². The van der Waals surface area contributed by atoms with E-state index in [4.69, 9.17) is 22.4 Å². The first-order valence-corrected chi connectivity index (χ1v) is 7.40. The van der Waals surface area contributed by atoms with Crippen molar-refractivity contribution in [3.05, 3.63) is 34.6 Å². The number of rotatable bonds is 5. The molecular weight excluding hydrogens is 311 g/mol. The minimum absolute atomic E-state index is 0.0574. The summed E-state index contributed by atoms with van der Waals surface area (Å²) in [6.07, 6.45) is -0.339. The molecule has 22 heavy (non-hydrogen) atoms. The highest BCUT2D eigenvalue weighted by Gasteiger charge is 2.27. The largest absolute Gasteiger partial charge is 0.375 e. The lowest BCUT2D eigenvalue weighted by molar-refractivity contribution is -0.125. The molecule has 1 aliphatic rings. The van der Waals surface area contributed by atoms with Crippen molar-refractivity contribution in [2.24, 2.45) is 5.92 Å². The summed E-state index contributed by atoms with van der Waals surface area (Å²) < 4.78 is 31.1. The molecule has 0 unspecified atom stereocenters. The molecule has 0 bridgehead atoms. The number of carbonyl (C=O) groups excluding carboxylic acids is 1. The van der Waals surface area contributed by atoms with E-state index in [1.54, 1.807) is 6.07 Å². The third-order valence-electron chi connectivity index (χ3n) is 3.48. The van der Waals surface area contributed by atoms with Crippen LogP contribution in [0, 0.1) is 11.7 Å². The molecule has 1 fully saturated rings. The number of hydrogen-bond donors (Lipinski definition) is 2. The maximum atomic E-state index is 13.7. The van der Waals surface area contributed by atoms with Crippen molar-refractivity contribution in [1.82, 2.24) is 10.6 Å². The van der Waals surface area contributed by atoms with Gasteiger partial charge < -0.3 is 20.1 Å². The zero-order chi connectivity index (χ0) is 16.7. The van der Waals surface area contributed by atoms with Crippen LogP contribution in [0.15, 0.2) is 18.2 Å². The Morgan fingerprint density at radius 1 is 1.68 bits per heavy atom. The average molecular weight is 332 g/mol. The molecule has 122 valence electrons. The van der Waals surface area contributed by atoms with E-state index < -0.39 is 5.82 Å². The number of benzene rings is 1. The number of ether oxygens (including phenoxy) is 2. The molecule has 1 saturated heterocycles. The summed E-state index contributed by atoms with van der Waals surface area (Å²) in [6.45, 7) is 2.04. The van der Waals surface area contributed by atoms with Gasteiger partial charge in [-0.3, -0.25) is 4.79 Å². The molecule has 0 spiro atoms. The average Bonchev–Trinajstić information content (AvgIpc) is 2.79. The Morgan fingerprint density at radius 3 is 3.32 bits per heavy atom. The Kier molecular flexibility index (Phi) is 6.01. The fourth-order valence-electron chi connectivity index (χ4n) is 2.41. The van der Waals surface area contributed by atoms with Crippen LogP contribution in [0.1, 0.15) is 13.0 Å². The number of methoxy groups -OCH3 is 1. The summed E-state index contributed by atoms with van der Waals surface area (Å²) in [5.41, 5.74) is 0.692. The van der Waals surface area contributed by atoms with Crippen LogP contribution in [0.25, 0.3) is 0 Å². The highest BCUT2D eigenvalue weighted by molar-refractivity contribution is 6.30. The van der Waals surface area contributed by atoms with Crippen LogP contribution in [0.3, 0.4) is 0 Å². The molecule has 0 radical (unpaired) electrons. The monoisotopic (exact) mass is 331 g/mol. The van der Waals surface area contributed by atoms with Crippen LogP contribution < -0.4 is 10.6 Å². The highest BCUT2D eigenvalue weighted by Crippen LogP contribution is 2.29. The number of carbonyl (C=O) groups is 1. The van der Waals surface area contributed by atoms with Gasteiger partial charge in [0.2, 0.25) is 5.91 Å². The third-order valence-corrected chi connectivity index (χ3v) is 3.78. The first kappa shape index (κ1) is 15.7. The molecule has 0 aromatic heterocycles. The van der Waals surface area contributed by atoms with Crippen molar-refractivity contribution in [2.45, 2.75) is 6.10 Å². The second-order valence-corrected chi connectivity index (χ2v) is 5.49. The van der Waals surface area contributed by atoms with Gasteiger partial charge in [-0.2, -0.15) is 0 Å². The quantitative estimate of drug-likeness (QED) is 0.859. The summed E-state index contributed by atoms with van der Waals surface area (Å²) in [5.74, 6) is -0.836. The third kappa shape index (κ3) is 4.64. The van der Waals surface area contributed by atoms with Gasteiger partial charge in [-0.1, -0.05) is 17.7 Å². The Bertz CT molecular complexity index is 535. The molecule has 0 aliphatic carbocycles. The number of halogens is 2. The smallest absolute Gasteiger partial charge is 0.245 e. The van der Waals surface area contributed by atoms with E-state index in [-0.39, 0.29) is 36.6 Å². The first-order chi connectivity index (χ1) is 11.1. The van der Waals surface area contributed by atoms with Crippen LogP contribution in [0.4, 0.5) is 4.39 Å². The minimum atomic E-state index is -0.489. The molecule has 1 amide bonds. The van der Waals surface area contributed by atoms with Gasteiger partial charge in [0.15, 0.2) is 0 Å². The van der Waals surface area contributed by atoms with E-state index >= 15 is 0 Å². The topological polar surface area (TPSA) is 59.6 Å². The van der Waals surface area contributed by atoms with E-state index in [1.165, 1.54) is 12.1 Å². The lowest BCUT2D eigenvalue weighted by Gasteiger charge is -2.25. The van der Waals surface area contributed by atoms with Gasteiger partial charge in [0.25, 0.3) is 0 Å². The Morgan fingerprint density at radius 2 is 2.55 bits per heavy atom. The van der Waals surface area contributed by atoms with Crippen molar-refractivity contribution in [3.63, 3.8) is 0 Å². The number of nitrogens with one attached hydrogen (secondary N) is 2. The molecule has 2 atom stereocenters. The predicted molar refractivity (Wildman–Crippen MR) is 81.3 cm³/mol. The number of amides is 1. The lowest BCUT2D eigenvalue weighted by Crippen LogP contribution is -2.37. The zero-order valence-corrected chi connectivity index (χ0v) is 12.9. The van der Waals surface area contributed by atoms with E-state index in [2.05, 4.69) is 10.6 Å². The molecule has 1 aromatic rings. The standard InChI is InChI=1S/C15H20ClFN2O3/c1-21-9-14(20)19-8-11-7-18-4-5-22-15(11)10-2-3-12(16)13(17)6-10/h2-3,6,11,15,18H,4-5,7-9H2,1H3,(H,19,20)/t11-,15-/m0/s1/i1D. The van der Waals surface area contributed by atoms with Crippen molar-refractivity contribution in [3.8, 4) is 0 Å². The van der Waals surface area contributed by atoms with Gasteiger partial charge in [-0.15, -0.1) is 0 Å². The van der Waals surface area contributed by atoms with Crippen LogP contribution in [-0.4, -0.2) is 45.8 Å². The van der Waals surface area contributed by atoms with Gasteiger partial charge in [0.05, 0.1) is 19.1 Å². The maximum Gasteiger partial charge on any atom is 0.245 e. The highest BCUT2D eigenvalue weighted by atomic mass is 35.5. The van der Waals surface area contributed by atoms with Crippen LogP contribution in [-0.2, 0) is 14.3 Å². The van der Waals surface area contributed by atoms with Gasteiger partial charge in [-0.25, -0.2) is 4.39 Å². The SMILES string of the molecule is [2H]COCC(=O)NC[C@@H]1CNCCO[C@H]1c1ccc(Cl)c(F)c1. The molecule has 2 rings (SSSR count). The molecular formula is C15H20ClFN2O3. The Balaban J connectivity index is 2.04. The van der Waals surface area contributed by atoms with Crippen molar-refractivity contribution in [2.75, 3.05) is 39.9 Å². The van der Waals surface area contributed by atoms with E-state index in [1.807, 2.05) is 0 Å². The molecule has 1 aliphatic heterocycles. The maximum absolute atomic E-state index is 13.7. The Hall–Kier alpha value is -1.21. The van der Waals surface area contributed by atoms with Crippen molar-refractivity contribution < 1.29 is 20.0 Å². The first-order valence-electron chi connectivity index (χ1n) is 7.73. The molecule has 1 heterocycles. The summed E-state index contributed by atoms with van der Waals surface area (Å²) in [5, 5.41) is 6.05. The molecule has 2 N–H and O–H groups in total. The molecule has 0 saturated carbocycles. The summed E-state index contributed by atoms with van der Waals surface area (Å²) in [6, 6.07) is 4.61. The molecule has 1 aromatic carbocycles. The van der Waals surface area contributed by atoms with Crippen LogP contribution in [0.5, 0.6) is 0 Å². The van der Waals surface area contributed by atoms with E-state index in [0.717, 1.165) is 0 Å². The second kappa shape index (κ2) is 8.43. The summed E-state index contributed by atoms with van der Waals surface area (Å²) >= 11 is 5.73. The fraction of sp³-hybridized carbons (Fsp3) is 0.533. The predicted octanol–water partition coefficient (Wildman–Crippen LogP) is 1.52. The van der Waals surface area contributed by atoms with Gasteiger partial charge in [-0.05, 0) is 17.7 Å². The summed E-state index contributed by atoms with van der Waals surface area (Å²) in [4.78, 5) is 11.6. The molecule has 7 heteroatoms. The fourth-order valence-corrected chi connectivity index (χ4v) is 2.53. The normalized spacial score (nSPS) is 22.7. The number of hydrogen-bond acceptors (Lipinski definition) is 4. The second-order valence-electron chi connectivity index (χ2n) is 5.08. The van der Waals surface area contributed by atoms with Gasteiger partial charge in [0, 0.05) is 32.6 Å². The zero-order valence-electron chi connectivity index (χ0n) is 13.1. The van der Waals surface area contributed by atoms with Crippen LogP contribution >= 0.6 is 11.6 Å².